The highest BCUT2D eigenvalue weighted by Crippen LogP contribution is 2.08. The minimum Gasteiger partial charge on any atom is -0.463 e. The molecule has 0 aromatic heterocycles. The van der Waals surface area contributed by atoms with Gasteiger partial charge in [0, 0.05) is 13.0 Å². The first-order valence-electron chi connectivity index (χ1n) is 11.6. The standard InChI is InChI=1S/C25H44O4/c1-3-5-6-7-8-9-10-11-12-13-14-15-16-17-18-19-25(26)29-24-23-28-22-21-27-20-4-2/h5-6,8-9,11-12H,3-4,7,10,13-24H2,1-2H3/b6-5-,9-8-,12-11-. The van der Waals surface area contributed by atoms with Gasteiger partial charge in [-0.25, -0.2) is 0 Å². The minimum absolute atomic E-state index is 0.114. The van der Waals surface area contributed by atoms with Gasteiger partial charge < -0.3 is 14.2 Å². The van der Waals surface area contributed by atoms with E-state index in [0.29, 0.717) is 32.8 Å². The van der Waals surface area contributed by atoms with Crippen molar-refractivity contribution in [3.05, 3.63) is 36.5 Å². The van der Waals surface area contributed by atoms with Gasteiger partial charge in [-0.05, 0) is 44.9 Å². The van der Waals surface area contributed by atoms with Gasteiger partial charge in [0.05, 0.1) is 19.8 Å². The maximum absolute atomic E-state index is 11.6. The molecule has 29 heavy (non-hydrogen) atoms. The number of carbonyl (C=O) groups excluding carboxylic acids is 1. The van der Waals surface area contributed by atoms with E-state index in [9.17, 15) is 4.79 Å². The summed E-state index contributed by atoms with van der Waals surface area (Å²) in [5.74, 6) is -0.114. The van der Waals surface area contributed by atoms with Gasteiger partial charge in [-0.1, -0.05) is 69.6 Å². The maximum atomic E-state index is 11.6. The normalized spacial score (nSPS) is 11.9. The van der Waals surface area contributed by atoms with Gasteiger partial charge in [-0.3, -0.25) is 4.79 Å². The maximum Gasteiger partial charge on any atom is 0.305 e. The van der Waals surface area contributed by atoms with Crippen LogP contribution in [0.25, 0.3) is 0 Å². The molecular formula is C25H44O4. The van der Waals surface area contributed by atoms with E-state index in [-0.39, 0.29) is 5.97 Å². The van der Waals surface area contributed by atoms with Gasteiger partial charge in [0.15, 0.2) is 0 Å². The van der Waals surface area contributed by atoms with Crippen molar-refractivity contribution in [1.82, 2.24) is 0 Å². The van der Waals surface area contributed by atoms with Gasteiger partial charge in [0.25, 0.3) is 0 Å². The molecule has 4 heteroatoms. The number of allylic oxidation sites excluding steroid dienone is 6. The van der Waals surface area contributed by atoms with Crippen molar-refractivity contribution in [2.75, 3.05) is 33.0 Å². The number of unbranched alkanes of at least 4 members (excludes halogenated alkanes) is 5. The number of hydrogen-bond acceptors (Lipinski definition) is 4. The van der Waals surface area contributed by atoms with E-state index in [1.807, 2.05) is 0 Å². The van der Waals surface area contributed by atoms with Gasteiger partial charge in [0.2, 0.25) is 0 Å². The Morgan fingerprint density at radius 3 is 1.97 bits per heavy atom. The van der Waals surface area contributed by atoms with Crippen molar-refractivity contribution in [3.8, 4) is 0 Å². The topological polar surface area (TPSA) is 44.8 Å². The fraction of sp³-hybridized carbons (Fsp3) is 0.720. The lowest BCUT2D eigenvalue weighted by Gasteiger charge is -2.06. The predicted molar refractivity (Wildman–Crippen MR) is 122 cm³/mol. The summed E-state index contributed by atoms with van der Waals surface area (Å²) in [6, 6.07) is 0. The van der Waals surface area contributed by atoms with Crippen molar-refractivity contribution < 1.29 is 19.0 Å². The van der Waals surface area contributed by atoms with E-state index < -0.39 is 0 Å². The van der Waals surface area contributed by atoms with E-state index in [0.717, 1.165) is 51.6 Å². The summed E-state index contributed by atoms with van der Waals surface area (Å²) in [5.41, 5.74) is 0. The summed E-state index contributed by atoms with van der Waals surface area (Å²) in [6.45, 7) is 6.94. The largest absolute Gasteiger partial charge is 0.463 e. The summed E-state index contributed by atoms with van der Waals surface area (Å²) in [7, 11) is 0. The third kappa shape index (κ3) is 24.6. The van der Waals surface area contributed by atoms with E-state index >= 15 is 0 Å². The molecule has 0 atom stereocenters. The summed E-state index contributed by atoms with van der Waals surface area (Å²) in [4.78, 5) is 11.6. The number of ether oxygens (including phenoxy) is 3. The fourth-order valence-corrected chi connectivity index (χ4v) is 2.64. The van der Waals surface area contributed by atoms with Gasteiger partial charge in [0.1, 0.15) is 6.61 Å². The molecule has 0 amide bonds. The summed E-state index contributed by atoms with van der Waals surface area (Å²) in [5, 5.41) is 0. The number of carbonyl (C=O) groups is 1. The monoisotopic (exact) mass is 408 g/mol. The smallest absolute Gasteiger partial charge is 0.305 e. The average molecular weight is 409 g/mol. The van der Waals surface area contributed by atoms with Crippen molar-refractivity contribution in [2.45, 2.75) is 84.5 Å². The van der Waals surface area contributed by atoms with Crippen LogP contribution in [-0.4, -0.2) is 39.0 Å². The van der Waals surface area contributed by atoms with Crippen LogP contribution in [0.1, 0.15) is 84.5 Å². The number of rotatable bonds is 21. The SMILES string of the molecule is CC/C=C\C/C=C\C/C=C\CCCCCCCC(=O)OCCOCCOCCC. The highest BCUT2D eigenvalue weighted by atomic mass is 16.6. The van der Waals surface area contributed by atoms with E-state index in [1.165, 1.54) is 19.3 Å². The lowest BCUT2D eigenvalue weighted by Crippen LogP contribution is -2.12. The molecule has 168 valence electrons. The zero-order chi connectivity index (χ0) is 21.3. The second-order valence-electron chi connectivity index (χ2n) is 7.05. The molecule has 0 aliphatic heterocycles. The van der Waals surface area contributed by atoms with Crippen molar-refractivity contribution in [2.24, 2.45) is 0 Å². The zero-order valence-corrected chi connectivity index (χ0v) is 18.9. The lowest BCUT2D eigenvalue weighted by atomic mass is 10.1. The molecule has 0 fully saturated rings. The van der Waals surface area contributed by atoms with Crippen molar-refractivity contribution in [3.63, 3.8) is 0 Å². The van der Waals surface area contributed by atoms with Crippen LogP contribution in [0.2, 0.25) is 0 Å². The zero-order valence-electron chi connectivity index (χ0n) is 18.9. The molecule has 0 aliphatic carbocycles. The van der Waals surface area contributed by atoms with Crippen molar-refractivity contribution in [1.29, 1.82) is 0 Å². The number of hydrogen-bond donors (Lipinski definition) is 0. The Labute approximate surface area is 179 Å². The quantitative estimate of drug-likeness (QED) is 0.122. The molecule has 0 aromatic carbocycles. The van der Waals surface area contributed by atoms with Crippen LogP contribution in [0.15, 0.2) is 36.5 Å². The molecule has 0 aliphatic rings. The second kappa shape index (κ2) is 24.6. The van der Waals surface area contributed by atoms with Crippen LogP contribution in [0.5, 0.6) is 0 Å². The molecule has 0 unspecified atom stereocenters. The third-order valence-electron chi connectivity index (χ3n) is 4.24. The number of esters is 1. The summed E-state index contributed by atoms with van der Waals surface area (Å²) in [6.07, 6.45) is 24.9. The molecule has 4 nitrogen and oxygen atoms in total. The van der Waals surface area contributed by atoms with Crippen LogP contribution < -0.4 is 0 Å². The molecule has 0 radical (unpaired) electrons. The van der Waals surface area contributed by atoms with E-state index in [4.69, 9.17) is 14.2 Å². The lowest BCUT2D eigenvalue weighted by molar-refractivity contribution is -0.145. The Morgan fingerprint density at radius 1 is 0.655 bits per heavy atom. The minimum atomic E-state index is -0.114. The first kappa shape index (κ1) is 27.6. The van der Waals surface area contributed by atoms with Gasteiger partial charge >= 0.3 is 5.97 Å². The van der Waals surface area contributed by atoms with E-state index in [1.54, 1.807) is 0 Å². The highest BCUT2D eigenvalue weighted by Gasteiger charge is 2.02. The first-order valence-corrected chi connectivity index (χ1v) is 11.6. The first-order chi connectivity index (χ1) is 14.3. The molecule has 0 saturated heterocycles. The molecule has 0 spiro atoms. The van der Waals surface area contributed by atoms with Crippen LogP contribution in [0.4, 0.5) is 0 Å². The second-order valence-corrected chi connectivity index (χ2v) is 7.05. The highest BCUT2D eigenvalue weighted by molar-refractivity contribution is 5.69. The molecule has 0 bridgehead atoms. The summed E-state index contributed by atoms with van der Waals surface area (Å²) < 4.78 is 15.8. The molecule has 0 saturated carbocycles. The third-order valence-corrected chi connectivity index (χ3v) is 4.24. The van der Waals surface area contributed by atoms with Crippen LogP contribution in [0.3, 0.4) is 0 Å². The fourth-order valence-electron chi connectivity index (χ4n) is 2.64. The molecular weight excluding hydrogens is 364 g/mol. The van der Waals surface area contributed by atoms with E-state index in [2.05, 4.69) is 50.3 Å². The van der Waals surface area contributed by atoms with Crippen LogP contribution in [-0.2, 0) is 19.0 Å². The van der Waals surface area contributed by atoms with Gasteiger partial charge in [-0.15, -0.1) is 0 Å². The summed E-state index contributed by atoms with van der Waals surface area (Å²) >= 11 is 0. The van der Waals surface area contributed by atoms with Crippen LogP contribution >= 0.6 is 0 Å². The predicted octanol–water partition coefficient (Wildman–Crippen LogP) is 6.56. The molecule has 0 rings (SSSR count). The Balaban J connectivity index is 3.28. The molecule has 0 heterocycles. The van der Waals surface area contributed by atoms with Crippen molar-refractivity contribution >= 4 is 5.97 Å². The Hall–Kier alpha value is -1.39. The van der Waals surface area contributed by atoms with Crippen LogP contribution in [0, 0.1) is 0 Å². The average Bonchev–Trinajstić information content (AvgIpc) is 2.72. The Morgan fingerprint density at radius 2 is 1.24 bits per heavy atom. The van der Waals surface area contributed by atoms with Gasteiger partial charge in [-0.2, -0.15) is 0 Å². The Bertz CT molecular complexity index is 427. The molecule has 0 aromatic rings. The molecule has 0 N–H and O–H groups in total. The Kier molecular flexibility index (Phi) is 23.5.